The average Bonchev–Trinajstić information content (AvgIpc) is 1.98. The van der Waals surface area contributed by atoms with Gasteiger partial charge in [-0.1, -0.05) is 53.2 Å². The molecule has 16 heavy (non-hydrogen) atoms. The fourth-order valence-electron chi connectivity index (χ4n) is 2.21. The third-order valence-corrected chi connectivity index (χ3v) is 8.39. The van der Waals surface area contributed by atoms with Crippen molar-refractivity contribution >= 4 is 7.14 Å². The summed E-state index contributed by atoms with van der Waals surface area (Å²) in [6.07, 6.45) is 3.96. The van der Waals surface area contributed by atoms with E-state index >= 15 is 0 Å². The molecule has 2 heteroatoms. The maximum atomic E-state index is 13.2. The van der Waals surface area contributed by atoms with Crippen LogP contribution in [0.2, 0.25) is 0 Å². The van der Waals surface area contributed by atoms with E-state index in [2.05, 4.69) is 61.5 Å². The van der Waals surface area contributed by atoms with E-state index in [0.717, 1.165) is 12.6 Å². The summed E-state index contributed by atoms with van der Waals surface area (Å²) in [5.74, 6) is 0. The van der Waals surface area contributed by atoms with Crippen LogP contribution in [-0.2, 0) is 4.57 Å². The maximum Gasteiger partial charge on any atom is 0.0980 e. The molecule has 0 aliphatic heterocycles. The predicted molar refractivity (Wildman–Crippen MR) is 76.0 cm³/mol. The molecule has 0 aromatic carbocycles. The minimum absolute atomic E-state index is 0.0965. The molecular formula is C14H29OP. The molecule has 0 amide bonds. The highest BCUT2D eigenvalue weighted by Gasteiger charge is 2.44. The van der Waals surface area contributed by atoms with Gasteiger partial charge in [-0.05, 0) is 20.3 Å². The summed E-state index contributed by atoms with van der Waals surface area (Å²) < 4.78 is 13.2. The fourth-order valence-corrected chi connectivity index (χ4v) is 6.06. The highest BCUT2D eigenvalue weighted by molar-refractivity contribution is 7.67. The minimum Gasteiger partial charge on any atom is -0.322 e. The zero-order chi connectivity index (χ0) is 13.2. The monoisotopic (exact) mass is 244 g/mol. The fraction of sp³-hybridized carbons (Fsp3) is 0.857. The Morgan fingerprint density at radius 3 is 1.62 bits per heavy atom. The van der Waals surface area contributed by atoms with E-state index < -0.39 is 7.14 Å². The summed E-state index contributed by atoms with van der Waals surface area (Å²) in [6.45, 7) is 16.9. The highest BCUT2D eigenvalue weighted by atomic mass is 31.2. The van der Waals surface area contributed by atoms with Crippen LogP contribution >= 0.6 is 7.14 Å². The van der Waals surface area contributed by atoms with Crippen molar-refractivity contribution in [3.05, 3.63) is 11.6 Å². The molecule has 0 aliphatic carbocycles. The quantitative estimate of drug-likeness (QED) is 0.486. The van der Waals surface area contributed by atoms with Crippen LogP contribution in [0.5, 0.6) is 0 Å². The molecule has 0 saturated carbocycles. The van der Waals surface area contributed by atoms with Crippen LogP contribution in [0.25, 0.3) is 0 Å². The Morgan fingerprint density at radius 1 is 1.00 bits per heavy atom. The molecule has 0 N–H and O–H groups in total. The van der Waals surface area contributed by atoms with Crippen LogP contribution in [0, 0.1) is 0 Å². The van der Waals surface area contributed by atoms with Crippen molar-refractivity contribution in [3.63, 3.8) is 0 Å². The van der Waals surface area contributed by atoms with E-state index in [1.54, 1.807) is 0 Å². The smallest absolute Gasteiger partial charge is 0.0980 e. The largest absolute Gasteiger partial charge is 0.322 e. The zero-order valence-electron chi connectivity index (χ0n) is 12.3. The Morgan fingerprint density at radius 2 is 1.38 bits per heavy atom. The molecule has 0 fully saturated rings. The first kappa shape index (κ1) is 16.0. The summed E-state index contributed by atoms with van der Waals surface area (Å²) in [5.41, 5.74) is 1.31. The van der Waals surface area contributed by atoms with Crippen molar-refractivity contribution in [2.24, 2.45) is 0 Å². The Bertz CT molecular complexity index is 278. The van der Waals surface area contributed by atoms with Crippen LogP contribution < -0.4 is 0 Å². The van der Waals surface area contributed by atoms with Crippen molar-refractivity contribution in [2.45, 2.75) is 72.1 Å². The molecule has 0 bridgehead atoms. The second kappa shape index (κ2) is 5.08. The first-order valence-corrected chi connectivity index (χ1v) is 8.03. The molecule has 0 atom stereocenters. The maximum absolute atomic E-state index is 13.2. The molecule has 0 radical (unpaired) electrons. The van der Waals surface area contributed by atoms with Gasteiger partial charge in [-0.15, -0.1) is 0 Å². The van der Waals surface area contributed by atoms with Gasteiger partial charge in [0.05, 0.1) is 7.14 Å². The summed E-state index contributed by atoms with van der Waals surface area (Å²) in [6, 6.07) is 0. The lowest BCUT2D eigenvalue weighted by Gasteiger charge is -2.41. The molecule has 0 aliphatic rings. The topological polar surface area (TPSA) is 17.1 Å². The van der Waals surface area contributed by atoms with Gasteiger partial charge >= 0.3 is 0 Å². The van der Waals surface area contributed by atoms with Gasteiger partial charge in [0.2, 0.25) is 0 Å². The van der Waals surface area contributed by atoms with Gasteiger partial charge < -0.3 is 4.57 Å². The van der Waals surface area contributed by atoms with Gasteiger partial charge in [-0.3, -0.25) is 0 Å². The van der Waals surface area contributed by atoms with Gasteiger partial charge in [0.1, 0.15) is 0 Å². The third kappa shape index (κ3) is 3.77. The highest BCUT2D eigenvalue weighted by Crippen LogP contribution is 2.66. The van der Waals surface area contributed by atoms with Crippen molar-refractivity contribution in [3.8, 4) is 0 Å². The van der Waals surface area contributed by atoms with Crippen LogP contribution in [0.3, 0.4) is 0 Å². The van der Waals surface area contributed by atoms with Gasteiger partial charge in [-0.25, -0.2) is 0 Å². The summed E-state index contributed by atoms with van der Waals surface area (Å²) in [7, 11) is -2.19. The normalized spacial score (nSPS) is 13.8. The average molecular weight is 244 g/mol. The molecular weight excluding hydrogens is 215 g/mol. The van der Waals surface area contributed by atoms with E-state index in [9.17, 15) is 4.57 Å². The zero-order valence-corrected chi connectivity index (χ0v) is 13.2. The van der Waals surface area contributed by atoms with Crippen LogP contribution in [0.1, 0.15) is 61.8 Å². The lowest BCUT2D eigenvalue weighted by molar-refractivity contribution is 0.517. The summed E-state index contributed by atoms with van der Waals surface area (Å²) in [4.78, 5) is 0. The molecule has 96 valence electrons. The van der Waals surface area contributed by atoms with E-state index in [1.165, 1.54) is 5.57 Å². The number of allylic oxidation sites excluding steroid dienone is 2. The van der Waals surface area contributed by atoms with Gasteiger partial charge in [0.15, 0.2) is 0 Å². The first-order valence-electron chi connectivity index (χ1n) is 6.14. The van der Waals surface area contributed by atoms with E-state index in [4.69, 9.17) is 0 Å². The van der Waals surface area contributed by atoms with E-state index in [-0.39, 0.29) is 10.3 Å². The second-order valence-electron chi connectivity index (χ2n) is 6.88. The Labute approximate surface area is 102 Å². The standard InChI is InChI=1S/C14H29OP/c1-12(2)10-9-11-16(15,13(3,4)5)14(6,7)8/h10H,9,11H2,1-8H3. The molecule has 0 aromatic heterocycles. The van der Waals surface area contributed by atoms with Crippen molar-refractivity contribution in [1.82, 2.24) is 0 Å². The molecule has 0 rings (SSSR count). The van der Waals surface area contributed by atoms with Gasteiger partial charge in [-0.2, -0.15) is 0 Å². The first-order chi connectivity index (χ1) is 6.92. The molecule has 0 spiro atoms. The van der Waals surface area contributed by atoms with Crippen LogP contribution in [-0.4, -0.2) is 16.5 Å². The van der Waals surface area contributed by atoms with Crippen LogP contribution in [0.4, 0.5) is 0 Å². The van der Waals surface area contributed by atoms with Crippen LogP contribution in [0.15, 0.2) is 11.6 Å². The number of rotatable bonds is 3. The second-order valence-corrected chi connectivity index (χ2v) is 11.5. The Balaban J connectivity index is 5.01. The van der Waals surface area contributed by atoms with Crippen molar-refractivity contribution in [2.75, 3.05) is 6.16 Å². The van der Waals surface area contributed by atoms with E-state index in [1.807, 2.05) is 0 Å². The molecule has 0 heterocycles. The SMILES string of the molecule is CC(C)=CCCP(=O)(C(C)(C)C)C(C)(C)C. The van der Waals surface area contributed by atoms with Gasteiger partial charge in [0, 0.05) is 16.5 Å². The van der Waals surface area contributed by atoms with Crippen molar-refractivity contribution in [1.29, 1.82) is 0 Å². The lowest BCUT2D eigenvalue weighted by atomic mass is 10.2. The summed E-state index contributed by atoms with van der Waals surface area (Å²) in [5, 5.41) is -0.193. The summed E-state index contributed by atoms with van der Waals surface area (Å²) >= 11 is 0. The molecule has 1 nitrogen and oxygen atoms in total. The third-order valence-electron chi connectivity index (χ3n) is 3.16. The molecule has 0 saturated heterocycles. The van der Waals surface area contributed by atoms with Crippen molar-refractivity contribution < 1.29 is 4.57 Å². The Kier molecular flexibility index (Phi) is 5.08. The molecule has 0 aromatic rings. The minimum atomic E-state index is -2.19. The van der Waals surface area contributed by atoms with Gasteiger partial charge in [0.25, 0.3) is 0 Å². The molecule has 0 unspecified atom stereocenters. The predicted octanol–water partition coefficient (Wildman–Crippen LogP) is 5.30. The van der Waals surface area contributed by atoms with E-state index in [0.29, 0.717) is 0 Å². The Hall–Kier alpha value is -0.0300. The lowest BCUT2D eigenvalue weighted by Crippen LogP contribution is -2.30. The number of hydrogen-bond donors (Lipinski definition) is 0. The number of hydrogen-bond acceptors (Lipinski definition) is 1.